The Kier molecular flexibility index (Phi) is 4.32. The number of fused-ring (bicyclic) bond motifs is 1. The summed E-state index contributed by atoms with van der Waals surface area (Å²) >= 11 is 1.76. The van der Waals surface area contributed by atoms with Gasteiger partial charge >= 0.3 is 0 Å². The van der Waals surface area contributed by atoms with Gasteiger partial charge in [0.1, 0.15) is 5.82 Å². The molecule has 0 unspecified atom stereocenters. The number of piperidine rings is 1. The number of hydrogen-bond acceptors (Lipinski definition) is 4. The first-order valence-electron chi connectivity index (χ1n) is 9.10. The number of rotatable bonds is 3. The highest BCUT2D eigenvalue weighted by molar-refractivity contribution is 7.09. The quantitative estimate of drug-likeness (QED) is 0.806. The van der Waals surface area contributed by atoms with Crippen LogP contribution < -0.4 is 4.90 Å². The van der Waals surface area contributed by atoms with E-state index in [0.29, 0.717) is 12.0 Å². The molecule has 1 aromatic heterocycles. The fourth-order valence-electron chi connectivity index (χ4n) is 4.82. The van der Waals surface area contributed by atoms with Crippen LogP contribution in [0.25, 0.3) is 0 Å². The predicted molar refractivity (Wildman–Crippen MR) is 102 cm³/mol. The summed E-state index contributed by atoms with van der Waals surface area (Å²) in [5, 5.41) is 0. The highest BCUT2D eigenvalue weighted by Crippen LogP contribution is 2.44. The lowest BCUT2D eigenvalue weighted by molar-refractivity contribution is 0.162. The zero-order valence-corrected chi connectivity index (χ0v) is 16.0. The largest absolute Gasteiger partial charge is 0.363 e. The van der Waals surface area contributed by atoms with Gasteiger partial charge in [0.25, 0.3) is 0 Å². The predicted octanol–water partition coefficient (Wildman–Crippen LogP) is 4.47. The molecule has 4 rings (SSSR count). The maximum atomic E-state index is 13.8. The monoisotopic (exact) mass is 359 g/mol. The van der Waals surface area contributed by atoms with Crippen LogP contribution in [0, 0.1) is 18.7 Å². The van der Waals surface area contributed by atoms with E-state index in [1.54, 1.807) is 17.4 Å². The molecule has 0 radical (unpaired) electrons. The molecule has 0 saturated carbocycles. The van der Waals surface area contributed by atoms with E-state index >= 15 is 0 Å². The molecule has 3 heterocycles. The van der Waals surface area contributed by atoms with Gasteiger partial charge in [0.05, 0.1) is 11.2 Å². The Labute approximate surface area is 153 Å². The fourth-order valence-corrected chi connectivity index (χ4v) is 5.63. The minimum atomic E-state index is -0.144. The zero-order valence-electron chi connectivity index (χ0n) is 15.2. The molecule has 2 aliphatic heterocycles. The van der Waals surface area contributed by atoms with E-state index in [9.17, 15) is 4.39 Å². The van der Waals surface area contributed by atoms with Crippen LogP contribution in [0.2, 0.25) is 0 Å². The van der Waals surface area contributed by atoms with Crippen LogP contribution in [-0.4, -0.2) is 34.6 Å². The average Bonchev–Trinajstić information content (AvgIpc) is 3.06. The SMILES string of the molecule is Cc1ncsc1CN1CC[C@H]2[C@@H](C1)CC(C)(C)N2c1cccc(F)c1. The number of benzene rings is 1. The van der Waals surface area contributed by atoms with Crippen LogP contribution in [0.1, 0.15) is 37.3 Å². The van der Waals surface area contributed by atoms with Crippen molar-refractivity contribution < 1.29 is 4.39 Å². The third-order valence-electron chi connectivity index (χ3n) is 5.82. The minimum Gasteiger partial charge on any atom is -0.363 e. The molecule has 3 nitrogen and oxygen atoms in total. The molecule has 2 fully saturated rings. The Hall–Kier alpha value is -1.46. The van der Waals surface area contributed by atoms with Gasteiger partial charge in [-0.15, -0.1) is 11.3 Å². The van der Waals surface area contributed by atoms with E-state index in [2.05, 4.69) is 41.6 Å². The summed E-state index contributed by atoms with van der Waals surface area (Å²) in [6.45, 7) is 9.93. The molecule has 0 N–H and O–H groups in total. The molecule has 2 atom stereocenters. The highest BCUT2D eigenvalue weighted by atomic mass is 32.1. The fraction of sp³-hybridized carbons (Fsp3) is 0.550. The minimum absolute atomic E-state index is 0.0690. The molecule has 0 spiro atoms. The Morgan fingerprint density at radius 1 is 1.36 bits per heavy atom. The Morgan fingerprint density at radius 3 is 2.92 bits per heavy atom. The van der Waals surface area contributed by atoms with Gasteiger partial charge in [0, 0.05) is 41.8 Å². The molecule has 2 saturated heterocycles. The second kappa shape index (κ2) is 6.36. The van der Waals surface area contributed by atoms with Crippen molar-refractivity contribution in [3.05, 3.63) is 46.2 Å². The number of thiazole rings is 1. The first-order valence-corrected chi connectivity index (χ1v) is 9.98. The summed E-state index contributed by atoms with van der Waals surface area (Å²) in [4.78, 5) is 10.8. The lowest BCUT2D eigenvalue weighted by Gasteiger charge is -2.41. The van der Waals surface area contributed by atoms with Gasteiger partial charge < -0.3 is 4.90 Å². The van der Waals surface area contributed by atoms with Gasteiger partial charge in [0.2, 0.25) is 0 Å². The van der Waals surface area contributed by atoms with Gasteiger partial charge in [-0.3, -0.25) is 4.90 Å². The number of halogens is 1. The van der Waals surface area contributed by atoms with Gasteiger partial charge in [0.15, 0.2) is 0 Å². The second-order valence-electron chi connectivity index (χ2n) is 8.08. The van der Waals surface area contributed by atoms with Crippen molar-refractivity contribution in [2.24, 2.45) is 5.92 Å². The Morgan fingerprint density at radius 2 is 2.20 bits per heavy atom. The zero-order chi connectivity index (χ0) is 17.6. The van der Waals surface area contributed by atoms with Gasteiger partial charge in [-0.2, -0.15) is 0 Å². The normalized spacial score (nSPS) is 26.0. The Balaban J connectivity index is 1.53. The topological polar surface area (TPSA) is 19.4 Å². The standard InChI is InChI=1S/C20H26FN3S/c1-14-19(25-13-22-14)12-23-8-7-18-15(11-23)10-20(2,3)24(18)17-6-4-5-16(21)9-17/h4-6,9,13,15,18H,7-8,10-12H2,1-3H3/t15-,18+/m1/s1. The van der Waals surface area contributed by atoms with Crippen molar-refractivity contribution in [1.29, 1.82) is 0 Å². The van der Waals surface area contributed by atoms with Gasteiger partial charge in [-0.25, -0.2) is 9.37 Å². The summed E-state index contributed by atoms with van der Waals surface area (Å²) in [5.74, 6) is 0.495. The number of aryl methyl sites for hydroxylation is 1. The molecule has 25 heavy (non-hydrogen) atoms. The molecule has 0 bridgehead atoms. The number of anilines is 1. The van der Waals surface area contributed by atoms with Crippen LogP contribution in [0.3, 0.4) is 0 Å². The molecular weight excluding hydrogens is 333 g/mol. The summed E-state index contributed by atoms with van der Waals surface area (Å²) in [6.07, 6.45) is 2.30. The number of hydrogen-bond donors (Lipinski definition) is 0. The van der Waals surface area contributed by atoms with Crippen molar-refractivity contribution in [2.45, 2.75) is 51.7 Å². The third kappa shape index (κ3) is 3.20. The van der Waals surface area contributed by atoms with Crippen molar-refractivity contribution in [3.63, 3.8) is 0 Å². The van der Waals surface area contributed by atoms with E-state index in [0.717, 1.165) is 38.2 Å². The molecule has 0 amide bonds. The second-order valence-corrected chi connectivity index (χ2v) is 9.02. The third-order valence-corrected chi connectivity index (χ3v) is 6.74. The van der Waals surface area contributed by atoms with Crippen LogP contribution in [-0.2, 0) is 6.54 Å². The van der Waals surface area contributed by atoms with Crippen molar-refractivity contribution in [1.82, 2.24) is 9.88 Å². The summed E-state index contributed by atoms with van der Waals surface area (Å²) in [6, 6.07) is 7.62. The van der Waals surface area contributed by atoms with Crippen molar-refractivity contribution in [2.75, 3.05) is 18.0 Å². The summed E-state index contributed by atoms with van der Waals surface area (Å²) < 4.78 is 13.8. The summed E-state index contributed by atoms with van der Waals surface area (Å²) in [7, 11) is 0. The smallest absolute Gasteiger partial charge is 0.125 e. The molecule has 2 aliphatic rings. The van der Waals surface area contributed by atoms with Gasteiger partial charge in [-0.1, -0.05) is 6.07 Å². The lowest BCUT2D eigenvalue weighted by Crippen LogP contribution is -2.48. The highest BCUT2D eigenvalue weighted by Gasteiger charge is 2.48. The molecular formula is C20H26FN3S. The van der Waals surface area contributed by atoms with Crippen LogP contribution in [0.5, 0.6) is 0 Å². The van der Waals surface area contributed by atoms with Gasteiger partial charge in [-0.05, 0) is 57.7 Å². The van der Waals surface area contributed by atoms with Crippen LogP contribution in [0.4, 0.5) is 10.1 Å². The molecule has 134 valence electrons. The number of aromatic nitrogens is 1. The number of nitrogens with zero attached hydrogens (tertiary/aromatic N) is 3. The van der Waals surface area contributed by atoms with E-state index < -0.39 is 0 Å². The maximum Gasteiger partial charge on any atom is 0.125 e. The maximum absolute atomic E-state index is 13.8. The van der Waals surface area contributed by atoms with E-state index in [-0.39, 0.29) is 11.4 Å². The average molecular weight is 360 g/mol. The van der Waals surface area contributed by atoms with Crippen molar-refractivity contribution >= 4 is 17.0 Å². The summed E-state index contributed by atoms with van der Waals surface area (Å²) in [5.41, 5.74) is 4.21. The number of likely N-dealkylation sites (tertiary alicyclic amines) is 1. The first-order chi connectivity index (χ1) is 11.9. The lowest BCUT2D eigenvalue weighted by atomic mass is 9.90. The molecule has 1 aromatic carbocycles. The molecule has 0 aliphatic carbocycles. The van der Waals surface area contributed by atoms with E-state index in [1.165, 1.54) is 16.6 Å². The van der Waals surface area contributed by atoms with E-state index in [1.807, 2.05) is 11.6 Å². The first kappa shape index (κ1) is 17.0. The van der Waals surface area contributed by atoms with Crippen molar-refractivity contribution in [3.8, 4) is 0 Å². The van der Waals surface area contributed by atoms with E-state index in [4.69, 9.17) is 0 Å². The Bertz CT molecular complexity index is 757. The molecule has 5 heteroatoms. The molecule has 2 aromatic rings. The van der Waals surface area contributed by atoms with Crippen LogP contribution in [0.15, 0.2) is 29.8 Å². The van der Waals surface area contributed by atoms with Crippen LogP contribution >= 0.6 is 11.3 Å².